The van der Waals surface area contributed by atoms with Crippen molar-refractivity contribution in [1.29, 1.82) is 0 Å². The highest BCUT2D eigenvalue weighted by Gasteiger charge is 2.17. The molecule has 1 aliphatic rings. The van der Waals surface area contributed by atoms with Crippen LogP contribution < -0.4 is 10.1 Å². The molecule has 6 heteroatoms. The molecule has 1 fully saturated rings. The summed E-state index contributed by atoms with van der Waals surface area (Å²) in [5.74, 6) is 1.71. The Morgan fingerprint density at radius 1 is 1.45 bits per heavy atom. The molecule has 0 aromatic carbocycles. The van der Waals surface area contributed by atoms with Gasteiger partial charge in [-0.1, -0.05) is 0 Å². The molecule has 0 unspecified atom stereocenters. The first-order chi connectivity index (χ1) is 9.81. The fraction of sp³-hybridized carbons (Fsp3) is 0.714. The first kappa shape index (κ1) is 15.0. The number of piperidine rings is 1. The van der Waals surface area contributed by atoms with Gasteiger partial charge in [-0.2, -0.15) is 4.98 Å². The Bertz CT molecular complexity index is 395. The quantitative estimate of drug-likeness (QED) is 0.776. The van der Waals surface area contributed by atoms with E-state index in [1.54, 1.807) is 12.3 Å². The van der Waals surface area contributed by atoms with Gasteiger partial charge in [0.25, 0.3) is 0 Å². The van der Waals surface area contributed by atoms with Crippen LogP contribution in [-0.2, 0) is 0 Å². The molecule has 0 amide bonds. The molecule has 0 aliphatic carbocycles. The van der Waals surface area contributed by atoms with Crippen molar-refractivity contribution in [1.82, 2.24) is 14.9 Å². The number of nitrogens with zero attached hydrogens (tertiary/aromatic N) is 3. The van der Waals surface area contributed by atoms with Crippen LogP contribution in [0, 0.1) is 5.92 Å². The van der Waals surface area contributed by atoms with E-state index < -0.39 is 0 Å². The lowest BCUT2D eigenvalue weighted by atomic mass is 9.98. The van der Waals surface area contributed by atoms with Crippen LogP contribution in [0.2, 0.25) is 0 Å². The average molecular weight is 280 g/mol. The number of nitrogens with one attached hydrogen (secondary N) is 1. The maximum absolute atomic E-state index is 9.11. The summed E-state index contributed by atoms with van der Waals surface area (Å²) in [7, 11) is 0. The Balaban J connectivity index is 1.69. The molecular formula is C14H24N4O2. The number of rotatable bonds is 7. The Kier molecular flexibility index (Phi) is 6.01. The summed E-state index contributed by atoms with van der Waals surface area (Å²) in [6.07, 6.45) is 3.88. The predicted octanol–water partition coefficient (Wildman–Crippen LogP) is 0.991. The Morgan fingerprint density at radius 2 is 2.25 bits per heavy atom. The summed E-state index contributed by atoms with van der Waals surface area (Å²) in [6.45, 7) is 6.78. The van der Waals surface area contributed by atoms with Gasteiger partial charge in [-0.05, 0) is 38.8 Å². The normalized spacial score (nSPS) is 17.1. The van der Waals surface area contributed by atoms with E-state index in [4.69, 9.17) is 9.84 Å². The van der Waals surface area contributed by atoms with E-state index in [-0.39, 0.29) is 0 Å². The van der Waals surface area contributed by atoms with Crippen LogP contribution in [0.25, 0.3) is 0 Å². The van der Waals surface area contributed by atoms with Crippen LogP contribution in [0.15, 0.2) is 12.3 Å². The number of hydrogen-bond acceptors (Lipinski definition) is 6. The van der Waals surface area contributed by atoms with Gasteiger partial charge in [0.15, 0.2) is 0 Å². The van der Waals surface area contributed by atoms with Gasteiger partial charge in [-0.3, -0.25) is 0 Å². The van der Waals surface area contributed by atoms with Gasteiger partial charge in [-0.25, -0.2) is 4.98 Å². The molecule has 6 nitrogen and oxygen atoms in total. The average Bonchev–Trinajstić information content (AvgIpc) is 2.49. The highest BCUT2D eigenvalue weighted by molar-refractivity contribution is 5.27. The third-order valence-corrected chi connectivity index (χ3v) is 3.60. The Labute approximate surface area is 120 Å². The molecule has 1 aromatic heterocycles. The zero-order valence-corrected chi connectivity index (χ0v) is 12.1. The van der Waals surface area contributed by atoms with Crippen molar-refractivity contribution in [3.8, 4) is 5.88 Å². The topological polar surface area (TPSA) is 70.5 Å². The molecule has 20 heavy (non-hydrogen) atoms. The zero-order valence-electron chi connectivity index (χ0n) is 12.1. The lowest BCUT2D eigenvalue weighted by Crippen LogP contribution is -2.37. The minimum atomic E-state index is 0.324. The maximum atomic E-state index is 9.11. The summed E-state index contributed by atoms with van der Waals surface area (Å²) in [4.78, 5) is 10.9. The summed E-state index contributed by atoms with van der Waals surface area (Å²) >= 11 is 0. The zero-order chi connectivity index (χ0) is 14.2. The van der Waals surface area contributed by atoms with E-state index >= 15 is 0 Å². The summed E-state index contributed by atoms with van der Waals surface area (Å²) in [5.41, 5.74) is 0. The van der Waals surface area contributed by atoms with Crippen molar-refractivity contribution >= 4 is 5.95 Å². The van der Waals surface area contributed by atoms with Gasteiger partial charge in [0, 0.05) is 32.0 Å². The van der Waals surface area contributed by atoms with Gasteiger partial charge in [0.1, 0.15) is 0 Å². The van der Waals surface area contributed by atoms with Crippen molar-refractivity contribution in [3.05, 3.63) is 12.3 Å². The van der Waals surface area contributed by atoms with Gasteiger partial charge < -0.3 is 20.1 Å². The molecule has 1 aliphatic heterocycles. The number of hydrogen-bond donors (Lipinski definition) is 2. The highest BCUT2D eigenvalue weighted by Crippen LogP contribution is 2.15. The number of ether oxygens (including phenoxy) is 1. The van der Waals surface area contributed by atoms with E-state index in [9.17, 15) is 0 Å². The van der Waals surface area contributed by atoms with Gasteiger partial charge in [-0.15, -0.1) is 0 Å². The van der Waals surface area contributed by atoms with Crippen LogP contribution in [0.1, 0.15) is 19.8 Å². The van der Waals surface area contributed by atoms with Gasteiger partial charge >= 0.3 is 0 Å². The Morgan fingerprint density at radius 3 is 2.95 bits per heavy atom. The number of anilines is 1. The van der Waals surface area contributed by atoms with Crippen LogP contribution in [0.3, 0.4) is 0 Å². The molecule has 0 atom stereocenters. The minimum absolute atomic E-state index is 0.324. The monoisotopic (exact) mass is 280 g/mol. The highest BCUT2D eigenvalue weighted by atomic mass is 16.5. The van der Waals surface area contributed by atoms with Gasteiger partial charge in [0.05, 0.1) is 6.61 Å². The van der Waals surface area contributed by atoms with Crippen molar-refractivity contribution in [3.63, 3.8) is 0 Å². The maximum Gasteiger partial charge on any atom is 0.225 e. The second kappa shape index (κ2) is 8.01. The van der Waals surface area contributed by atoms with Crippen molar-refractivity contribution < 1.29 is 9.84 Å². The lowest BCUT2D eigenvalue weighted by Gasteiger charge is -2.30. The van der Waals surface area contributed by atoms with Crippen molar-refractivity contribution in [2.75, 3.05) is 44.7 Å². The third-order valence-electron chi connectivity index (χ3n) is 3.60. The first-order valence-electron chi connectivity index (χ1n) is 7.34. The summed E-state index contributed by atoms with van der Waals surface area (Å²) in [6, 6.07) is 1.76. The number of aromatic nitrogens is 2. The molecule has 1 saturated heterocycles. The van der Waals surface area contributed by atoms with Crippen LogP contribution in [-0.4, -0.2) is 59.4 Å². The smallest absolute Gasteiger partial charge is 0.225 e. The largest absolute Gasteiger partial charge is 0.478 e. The van der Waals surface area contributed by atoms with E-state index in [2.05, 4.69) is 20.2 Å². The molecule has 112 valence electrons. The second-order valence-corrected chi connectivity index (χ2v) is 5.05. The molecule has 2 N–H and O–H groups in total. The van der Waals surface area contributed by atoms with E-state index in [1.807, 2.05) is 6.92 Å². The lowest BCUT2D eigenvalue weighted by molar-refractivity contribution is 0.134. The number of aliphatic hydroxyl groups is 1. The molecule has 0 spiro atoms. The standard InChI is InChI=1S/C14H24N4O2/c1-2-20-13-3-6-15-14(17-13)16-7-10-18-8-4-12(11-19)5-9-18/h3,6,12,19H,2,4-5,7-11H2,1H3,(H,15,16,17). The van der Waals surface area contributed by atoms with Crippen molar-refractivity contribution in [2.24, 2.45) is 5.92 Å². The molecule has 0 saturated carbocycles. The number of aliphatic hydroxyl groups excluding tert-OH is 1. The second-order valence-electron chi connectivity index (χ2n) is 5.05. The van der Waals surface area contributed by atoms with Gasteiger partial charge in [0.2, 0.25) is 11.8 Å². The van der Waals surface area contributed by atoms with Crippen LogP contribution in [0.5, 0.6) is 5.88 Å². The first-order valence-corrected chi connectivity index (χ1v) is 7.34. The Hall–Kier alpha value is -1.40. The van der Waals surface area contributed by atoms with E-state index in [1.165, 1.54) is 0 Å². The SMILES string of the molecule is CCOc1ccnc(NCCN2CCC(CO)CC2)n1. The summed E-state index contributed by atoms with van der Waals surface area (Å²) < 4.78 is 5.34. The number of likely N-dealkylation sites (tertiary alicyclic amines) is 1. The fourth-order valence-corrected chi connectivity index (χ4v) is 2.37. The van der Waals surface area contributed by atoms with Crippen molar-refractivity contribution in [2.45, 2.75) is 19.8 Å². The minimum Gasteiger partial charge on any atom is -0.478 e. The molecule has 1 aromatic rings. The van der Waals surface area contributed by atoms with E-state index in [0.29, 0.717) is 31.0 Å². The molecular weight excluding hydrogens is 256 g/mol. The molecule has 2 rings (SSSR count). The molecule has 2 heterocycles. The van der Waals surface area contributed by atoms with Crippen LogP contribution in [0.4, 0.5) is 5.95 Å². The molecule has 0 radical (unpaired) electrons. The van der Waals surface area contributed by atoms with E-state index in [0.717, 1.165) is 39.0 Å². The fourth-order valence-electron chi connectivity index (χ4n) is 2.37. The van der Waals surface area contributed by atoms with Crippen LogP contribution >= 0.6 is 0 Å². The molecule has 0 bridgehead atoms. The third kappa shape index (κ3) is 4.61. The predicted molar refractivity (Wildman–Crippen MR) is 77.9 cm³/mol. The summed E-state index contributed by atoms with van der Waals surface area (Å²) in [5, 5.41) is 12.3.